The van der Waals surface area contributed by atoms with Gasteiger partial charge in [0.1, 0.15) is 0 Å². The Bertz CT molecular complexity index is 370. The molecule has 2 N–H and O–H groups in total. The summed E-state index contributed by atoms with van der Waals surface area (Å²) in [6.45, 7) is 0.314. The zero-order valence-electron chi connectivity index (χ0n) is 8.96. The highest BCUT2D eigenvalue weighted by molar-refractivity contribution is 5.16. The van der Waals surface area contributed by atoms with E-state index in [9.17, 15) is 8.78 Å². The molecule has 88 valence electrons. The van der Waals surface area contributed by atoms with Gasteiger partial charge in [-0.2, -0.15) is 0 Å². The quantitative estimate of drug-likeness (QED) is 0.860. The van der Waals surface area contributed by atoms with Gasteiger partial charge in [0, 0.05) is 6.04 Å². The predicted molar refractivity (Wildman–Crippen MR) is 56.8 cm³/mol. The van der Waals surface area contributed by atoms with Crippen molar-refractivity contribution in [1.82, 2.24) is 0 Å². The third-order valence-electron chi connectivity index (χ3n) is 2.89. The van der Waals surface area contributed by atoms with Gasteiger partial charge < -0.3 is 10.5 Å². The van der Waals surface area contributed by atoms with Gasteiger partial charge in [0.15, 0.2) is 11.6 Å². The molecule has 0 bridgehead atoms. The van der Waals surface area contributed by atoms with E-state index in [-0.39, 0.29) is 12.1 Å². The van der Waals surface area contributed by atoms with Crippen molar-refractivity contribution >= 4 is 0 Å². The fourth-order valence-corrected chi connectivity index (χ4v) is 1.97. The molecule has 16 heavy (non-hydrogen) atoms. The Kier molecular flexibility index (Phi) is 3.51. The Hall–Kier alpha value is -1.00. The molecule has 1 aliphatic carbocycles. The summed E-state index contributed by atoms with van der Waals surface area (Å²) in [7, 11) is 0. The molecule has 0 heterocycles. The number of hydrogen-bond acceptors (Lipinski definition) is 2. The number of halogens is 2. The van der Waals surface area contributed by atoms with E-state index in [0.29, 0.717) is 12.2 Å². The Morgan fingerprint density at radius 3 is 2.69 bits per heavy atom. The lowest BCUT2D eigenvalue weighted by Crippen LogP contribution is -2.17. The summed E-state index contributed by atoms with van der Waals surface area (Å²) in [5.74, 6) is -1.66. The van der Waals surface area contributed by atoms with Crippen LogP contribution in [-0.2, 0) is 11.3 Å². The summed E-state index contributed by atoms with van der Waals surface area (Å²) in [6, 6.07) is 4.04. The minimum Gasteiger partial charge on any atom is -0.373 e. The first-order valence-electron chi connectivity index (χ1n) is 5.46. The van der Waals surface area contributed by atoms with Gasteiger partial charge in [-0.25, -0.2) is 8.78 Å². The van der Waals surface area contributed by atoms with Crippen LogP contribution >= 0.6 is 0 Å². The van der Waals surface area contributed by atoms with Gasteiger partial charge in [-0.05, 0) is 37.0 Å². The second-order valence-corrected chi connectivity index (χ2v) is 4.25. The van der Waals surface area contributed by atoms with Crippen LogP contribution in [0.25, 0.3) is 0 Å². The van der Waals surface area contributed by atoms with Crippen molar-refractivity contribution in [2.45, 2.75) is 38.0 Å². The zero-order chi connectivity index (χ0) is 11.5. The van der Waals surface area contributed by atoms with E-state index in [1.54, 1.807) is 0 Å². The summed E-state index contributed by atoms with van der Waals surface area (Å²) < 4.78 is 31.1. The summed E-state index contributed by atoms with van der Waals surface area (Å²) in [4.78, 5) is 0. The fourth-order valence-electron chi connectivity index (χ4n) is 1.97. The van der Waals surface area contributed by atoms with E-state index in [4.69, 9.17) is 10.5 Å². The van der Waals surface area contributed by atoms with E-state index >= 15 is 0 Å². The van der Waals surface area contributed by atoms with Crippen LogP contribution in [0, 0.1) is 11.6 Å². The second kappa shape index (κ2) is 4.89. The number of benzene rings is 1. The van der Waals surface area contributed by atoms with Crippen molar-refractivity contribution < 1.29 is 13.5 Å². The maximum Gasteiger partial charge on any atom is 0.159 e. The van der Waals surface area contributed by atoms with Crippen LogP contribution in [0.3, 0.4) is 0 Å². The van der Waals surface area contributed by atoms with Gasteiger partial charge in [-0.1, -0.05) is 6.07 Å². The molecule has 2 unspecified atom stereocenters. The first-order chi connectivity index (χ1) is 7.65. The van der Waals surface area contributed by atoms with Gasteiger partial charge in [-0.3, -0.25) is 0 Å². The van der Waals surface area contributed by atoms with Gasteiger partial charge in [-0.15, -0.1) is 0 Å². The summed E-state index contributed by atoms with van der Waals surface area (Å²) >= 11 is 0. The summed E-state index contributed by atoms with van der Waals surface area (Å²) in [5, 5.41) is 0. The average Bonchev–Trinajstić information content (AvgIpc) is 2.66. The van der Waals surface area contributed by atoms with E-state index in [0.717, 1.165) is 25.3 Å². The van der Waals surface area contributed by atoms with Crippen LogP contribution in [0.2, 0.25) is 0 Å². The third-order valence-corrected chi connectivity index (χ3v) is 2.89. The highest BCUT2D eigenvalue weighted by atomic mass is 19.2. The number of hydrogen-bond donors (Lipinski definition) is 1. The van der Waals surface area contributed by atoms with Crippen molar-refractivity contribution in [3.05, 3.63) is 35.4 Å². The second-order valence-electron chi connectivity index (χ2n) is 4.25. The average molecular weight is 227 g/mol. The lowest BCUT2D eigenvalue weighted by Gasteiger charge is -2.11. The van der Waals surface area contributed by atoms with Crippen molar-refractivity contribution in [3.63, 3.8) is 0 Å². The zero-order valence-corrected chi connectivity index (χ0v) is 8.96. The Labute approximate surface area is 93.4 Å². The molecular weight excluding hydrogens is 212 g/mol. The van der Waals surface area contributed by atoms with Crippen LogP contribution in [0.1, 0.15) is 24.8 Å². The molecule has 1 aromatic rings. The predicted octanol–water partition coefficient (Wildman–Crippen LogP) is 2.36. The molecule has 0 aliphatic heterocycles. The van der Waals surface area contributed by atoms with Crippen LogP contribution in [0.15, 0.2) is 18.2 Å². The van der Waals surface area contributed by atoms with Crippen molar-refractivity contribution in [2.75, 3.05) is 0 Å². The minimum absolute atomic E-state index is 0.156. The highest BCUT2D eigenvalue weighted by Gasteiger charge is 2.22. The van der Waals surface area contributed by atoms with Gasteiger partial charge in [0.25, 0.3) is 0 Å². The van der Waals surface area contributed by atoms with Crippen LogP contribution < -0.4 is 5.73 Å². The van der Waals surface area contributed by atoms with E-state index in [1.165, 1.54) is 12.1 Å². The van der Waals surface area contributed by atoms with Crippen molar-refractivity contribution in [3.8, 4) is 0 Å². The number of rotatable bonds is 3. The molecule has 2 atom stereocenters. The molecule has 2 rings (SSSR count). The first-order valence-corrected chi connectivity index (χ1v) is 5.46. The molecule has 1 aromatic carbocycles. The third kappa shape index (κ3) is 2.77. The fraction of sp³-hybridized carbons (Fsp3) is 0.500. The molecular formula is C12H15F2NO. The maximum absolute atomic E-state index is 12.9. The largest absolute Gasteiger partial charge is 0.373 e. The number of nitrogens with two attached hydrogens (primary N) is 1. The SMILES string of the molecule is NC1CCC(OCc2ccc(F)c(F)c2)C1. The molecule has 0 spiro atoms. The smallest absolute Gasteiger partial charge is 0.159 e. The van der Waals surface area contributed by atoms with Crippen molar-refractivity contribution in [1.29, 1.82) is 0 Å². The van der Waals surface area contributed by atoms with E-state index in [2.05, 4.69) is 0 Å². The lowest BCUT2D eigenvalue weighted by molar-refractivity contribution is 0.0447. The molecule has 0 aromatic heterocycles. The monoisotopic (exact) mass is 227 g/mol. The normalized spacial score (nSPS) is 24.9. The summed E-state index contributed by atoms with van der Waals surface area (Å²) in [5.41, 5.74) is 6.40. The lowest BCUT2D eigenvalue weighted by atomic mass is 10.2. The van der Waals surface area contributed by atoms with Crippen molar-refractivity contribution in [2.24, 2.45) is 5.73 Å². The maximum atomic E-state index is 12.9. The minimum atomic E-state index is -0.829. The summed E-state index contributed by atoms with van der Waals surface area (Å²) in [6.07, 6.45) is 2.93. The first kappa shape index (κ1) is 11.5. The Balaban J connectivity index is 1.87. The molecule has 0 amide bonds. The van der Waals surface area contributed by atoms with Crippen LogP contribution in [-0.4, -0.2) is 12.1 Å². The van der Waals surface area contributed by atoms with Gasteiger partial charge in [0.2, 0.25) is 0 Å². The molecule has 1 fully saturated rings. The molecule has 2 nitrogen and oxygen atoms in total. The Morgan fingerprint density at radius 2 is 2.06 bits per heavy atom. The Morgan fingerprint density at radius 1 is 1.25 bits per heavy atom. The molecule has 0 saturated heterocycles. The molecule has 0 radical (unpaired) electrons. The topological polar surface area (TPSA) is 35.2 Å². The van der Waals surface area contributed by atoms with Gasteiger partial charge >= 0.3 is 0 Å². The van der Waals surface area contributed by atoms with Crippen LogP contribution in [0.4, 0.5) is 8.78 Å². The molecule has 1 saturated carbocycles. The highest BCUT2D eigenvalue weighted by Crippen LogP contribution is 2.21. The van der Waals surface area contributed by atoms with Gasteiger partial charge in [0.05, 0.1) is 12.7 Å². The standard InChI is InChI=1S/C12H15F2NO/c13-11-4-1-8(5-12(11)14)7-16-10-3-2-9(15)6-10/h1,4-5,9-10H,2-3,6-7,15H2. The number of ether oxygens (including phenoxy) is 1. The van der Waals surface area contributed by atoms with E-state index in [1.807, 2.05) is 0 Å². The molecule has 4 heteroatoms. The molecule has 1 aliphatic rings. The van der Waals surface area contributed by atoms with Crippen LogP contribution in [0.5, 0.6) is 0 Å². The van der Waals surface area contributed by atoms with E-state index < -0.39 is 11.6 Å².